The van der Waals surface area contributed by atoms with E-state index in [-0.39, 0.29) is 11.7 Å². The largest absolute Gasteiger partial charge is 0.506 e. The molecule has 1 N–H and O–H groups in total. The molecule has 35 heavy (non-hydrogen) atoms. The lowest BCUT2D eigenvalue weighted by molar-refractivity contribution is 0.356. The van der Waals surface area contributed by atoms with Crippen LogP contribution in [0.15, 0.2) is 75.1 Å². The molecule has 0 aliphatic rings. The maximum atomic E-state index is 10.1. The van der Waals surface area contributed by atoms with Crippen LogP contribution >= 0.6 is 0 Å². The van der Waals surface area contributed by atoms with E-state index >= 15 is 0 Å². The zero-order valence-electron chi connectivity index (χ0n) is 21.3. The van der Waals surface area contributed by atoms with Gasteiger partial charge in [0.25, 0.3) is 0 Å². The van der Waals surface area contributed by atoms with E-state index in [0.29, 0.717) is 40.2 Å². The molecule has 0 fully saturated rings. The Morgan fingerprint density at radius 3 is 2.03 bits per heavy atom. The molecule has 0 radical (unpaired) electrons. The van der Waals surface area contributed by atoms with E-state index in [4.69, 9.17) is 14.6 Å². The predicted molar refractivity (Wildman–Crippen MR) is 140 cm³/mol. The van der Waals surface area contributed by atoms with Gasteiger partial charge in [0.2, 0.25) is 0 Å². The molecule has 2 atom stereocenters. The number of aromatic hydroxyl groups is 1. The van der Waals surface area contributed by atoms with E-state index in [9.17, 15) is 5.11 Å². The Morgan fingerprint density at radius 2 is 1.37 bits per heavy atom. The molecule has 2 unspecified atom stereocenters. The molecule has 3 aromatic carbocycles. The van der Waals surface area contributed by atoms with Crippen LogP contribution in [0.3, 0.4) is 0 Å². The predicted octanol–water partition coefficient (Wildman–Crippen LogP) is 9.27. The highest BCUT2D eigenvalue weighted by Gasteiger charge is 2.21. The molecular weight excluding hydrogens is 440 g/mol. The SMILES string of the molecule is CCC(C)c1ccc(N=Nc2ccccc2O)c(N=Nc2cccc(OC)c2OC)c1C(C)CC. The van der Waals surface area contributed by atoms with E-state index in [2.05, 4.69) is 49.1 Å². The fourth-order valence-corrected chi connectivity index (χ4v) is 3.88. The molecule has 0 bridgehead atoms. The number of phenols is 1. The van der Waals surface area contributed by atoms with Crippen LogP contribution in [0.4, 0.5) is 22.7 Å². The van der Waals surface area contributed by atoms with Gasteiger partial charge in [-0.3, -0.25) is 0 Å². The summed E-state index contributed by atoms with van der Waals surface area (Å²) in [6.45, 7) is 8.75. The highest BCUT2D eigenvalue weighted by atomic mass is 16.5. The monoisotopic (exact) mass is 474 g/mol. The molecule has 0 aliphatic carbocycles. The van der Waals surface area contributed by atoms with Crippen LogP contribution in [-0.2, 0) is 0 Å². The number of methoxy groups -OCH3 is 2. The molecule has 7 nitrogen and oxygen atoms in total. The molecular formula is C28H34N4O3. The van der Waals surface area contributed by atoms with Crippen LogP contribution in [0.1, 0.15) is 63.5 Å². The summed E-state index contributed by atoms with van der Waals surface area (Å²) < 4.78 is 10.9. The van der Waals surface area contributed by atoms with Crippen LogP contribution in [0.25, 0.3) is 0 Å². The Labute approximate surface area is 207 Å². The zero-order valence-corrected chi connectivity index (χ0v) is 21.3. The van der Waals surface area contributed by atoms with Gasteiger partial charge in [-0.05, 0) is 66.1 Å². The summed E-state index contributed by atoms with van der Waals surface area (Å²) in [7, 11) is 3.17. The summed E-state index contributed by atoms with van der Waals surface area (Å²) in [6.07, 6.45) is 1.94. The Hall–Kier alpha value is -3.74. The second-order valence-electron chi connectivity index (χ2n) is 8.46. The molecule has 0 spiro atoms. The van der Waals surface area contributed by atoms with E-state index < -0.39 is 0 Å². The second-order valence-corrected chi connectivity index (χ2v) is 8.46. The number of benzene rings is 3. The lowest BCUT2D eigenvalue weighted by Crippen LogP contribution is -2.02. The molecule has 184 valence electrons. The van der Waals surface area contributed by atoms with E-state index in [1.54, 1.807) is 38.5 Å². The second kappa shape index (κ2) is 12.1. The van der Waals surface area contributed by atoms with Crippen molar-refractivity contribution in [1.82, 2.24) is 0 Å². The van der Waals surface area contributed by atoms with Gasteiger partial charge in [-0.1, -0.05) is 52.0 Å². The minimum Gasteiger partial charge on any atom is -0.506 e. The van der Waals surface area contributed by atoms with Gasteiger partial charge >= 0.3 is 0 Å². The Kier molecular flexibility index (Phi) is 8.95. The normalized spacial score (nSPS) is 13.3. The summed E-state index contributed by atoms with van der Waals surface area (Å²) in [5.41, 5.74) is 4.54. The standard InChI is InChI=1S/C28H34N4O3/c1-7-18(3)20-16-17-22(30-29-21-12-9-10-14-24(21)33)27(26(20)19(4)8-2)32-31-23-13-11-15-25(34-5)28(23)35-6/h9-19,33H,7-8H2,1-6H3. The van der Waals surface area contributed by atoms with Crippen molar-refractivity contribution < 1.29 is 14.6 Å². The number of para-hydroxylation sites is 2. The topological polar surface area (TPSA) is 88.1 Å². The minimum absolute atomic E-state index is 0.0684. The van der Waals surface area contributed by atoms with Crippen LogP contribution in [0.5, 0.6) is 17.2 Å². The smallest absolute Gasteiger partial charge is 0.188 e. The van der Waals surface area contributed by atoms with Gasteiger partial charge in [0, 0.05) is 0 Å². The molecule has 0 saturated heterocycles. The average molecular weight is 475 g/mol. The van der Waals surface area contributed by atoms with Crippen molar-refractivity contribution in [2.75, 3.05) is 14.2 Å². The summed E-state index contributed by atoms with van der Waals surface area (Å²) >= 11 is 0. The Balaban J connectivity index is 2.22. The molecule has 3 aromatic rings. The third-order valence-electron chi connectivity index (χ3n) is 6.27. The fourth-order valence-electron chi connectivity index (χ4n) is 3.88. The molecule has 0 aliphatic heterocycles. The van der Waals surface area contributed by atoms with Crippen molar-refractivity contribution in [3.05, 3.63) is 65.7 Å². The maximum absolute atomic E-state index is 10.1. The zero-order chi connectivity index (χ0) is 25.4. The summed E-state index contributed by atoms with van der Waals surface area (Å²) in [5, 5.41) is 28.2. The highest BCUT2D eigenvalue weighted by Crippen LogP contribution is 2.45. The van der Waals surface area contributed by atoms with E-state index in [1.165, 1.54) is 5.56 Å². The third-order valence-corrected chi connectivity index (χ3v) is 6.27. The lowest BCUT2D eigenvalue weighted by atomic mass is 9.85. The summed E-state index contributed by atoms with van der Waals surface area (Å²) in [6, 6.07) is 16.4. The van der Waals surface area contributed by atoms with Crippen molar-refractivity contribution in [3.63, 3.8) is 0 Å². The first-order chi connectivity index (χ1) is 16.9. The number of azo groups is 2. The molecule has 0 saturated carbocycles. The maximum Gasteiger partial charge on any atom is 0.188 e. The number of phenolic OH excluding ortho intramolecular Hbond substituents is 1. The minimum atomic E-state index is 0.0684. The van der Waals surface area contributed by atoms with Crippen LogP contribution in [-0.4, -0.2) is 19.3 Å². The van der Waals surface area contributed by atoms with Gasteiger partial charge in [0.15, 0.2) is 11.5 Å². The van der Waals surface area contributed by atoms with Crippen molar-refractivity contribution in [1.29, 1.82) is 0 Å². The van der Waals surface area contributed by atoms with Crippen LogP contribution in [0, 0.1) is 0 Å². The highest BCUT2D eigenvalue weighted by molar-refractivity contribution is 5.70. The van der Waals surface area contributed by atoms with Crippen molar-refractivity contribution in [2.45, 2.75) is 52.4 Å². The average Bonchev–Trinajstić information content (AvgIpc) is 2.89. The molecule has 0 aromatic heterocycles. The number of ether oxygens (including phenoxy) is 2. The van der Waals surface area contributed by atoms with Gasteiger partial charge in [0.1, 0.15) is 28.5 Å². The number of hydrogen-bond donors (Lipinski definition) is 1. The Morgan fingerprint density at radius 1 is 0.714 bits per heavy atom. The summed E-state index contributed by atoms with van der Waals surface area (Å²) in [4.78, 5) is 0. The molecule has 3 rings (SSSR count). The quantitative estimate of drug-likeness (QED) is 0.297. The lowest BCUT2D eigenvalue weighted by Gasteiger charge is -2.22. The summed E-state index contributed by atoms with van der Waals surface area (Å²) in [5.74, 6) is 1.75. The molecule has 0 amide bonds. The van der Waals surface area contributed by atoms with Crippen molar-refractivity contribution >= 4 is 22.7 Å². The van der Waals surface area contributed by atoms with E-state index in [1.807, 2.05) is 24.3 Å². The van der Waals surface area contributed by atoms with Gasteiger partial charge in [0.05, 0.1) is 14.2 Å². The van der Waals surface area contributed by atoms with Crippen LogP contribution in [0.2, 0.25) is 0 Å². The van der Waals surface area contributed by atoms with Gasteiger partial charge in [-0.15, -0.1) is 20.5 Å². The number of rotatable bonds is 10. The third kappa shape index (κ3) is 5.85. The molecule has 0 heterocycles. The number of hydrogen-bond acceptors (Lipinski definition) is 7. The first-order valence-corrected chi connectivity index (χ1v) is 11.9. The number of nitrogens with zero attached hydrogens (tertiary/aromatic N) is 4. The van der Waals surface area contributed by atoms with Gasteiger partial charge in [-0.25, -0.2) is 0 Å². The van der Waals surface area contributed by atoms with E-state index in [0.717, 1.165) is 18.4 Å². The first kappa shape index (κ1) is 25.9. The van der Waals surface area contributed by atoms with Gasteiger partial charge < -0.3 is 14.6 Å². The molecule has 7 heteroatoms. The Bertz CT molecular complexity index is 1210. The first-order valence-electron chi connectivity index (χ1n) is 11.9. The van der Waals surface area contributed by atoms with Crippen molar-refractivity contribution in [3.8, 4) is 17.2 Å². The fraction of sp³-hybridized carbons (Fsp3) is 0.357. The van der Waals surface area contributed by atoms with Crippen LogP contribution < -0.4 is 9.47 Å². The van der Waals surface area contributed by atoms with Gasteiger partial charge in [-0.2, -0.15) is 0 Å². The van der Waals surface area contributed by atoms with Crippen molar-refractivity contribution in [2.24, 2.45) is 20.5 Å².